The van der Waals surface area contributed by atoms with Crippen LogP contribution in [0.5, 0.6) is 0 Å². The minimum absolute atomic E-state index is 0.0242. The van der Waals surface area contributed by atoms with Crippen molar-refractivity contribution in [2.45, 2.75) is 33.2 Å². The second-order valence-corrected chi connectivity index (χ2v) is 5.85. The number of hydrogen-bond donors (Lipinski definition) is 1. The Morgan fingerprint density at radius 1 is 1.26 bits per heavy atom. The molecular weight excluding hydrogens is 286 g/mol. The molecule has 4 heteroatoms. The monoisotopic (exact) mass is 311 g/mol. The molecule has 1 aromatic carbocycles. The van der Waals surface area contributed by atoms with E-state index in [1.165, 1.54) is 11.1 Å². The van der Waals surface area contributed by atoms with Crippen molar-refractivity contribution >= 4 is 11.7 Å². The SMILES string of the molecule is CCCCN(C)C(=O)c1ccc(NCc2cccc(C)c2)nc1. The largest absolute Gasteiger partial charge is 0.366 e. The number of carbonyl (C=O) groups is 1. The first kappa shape index (κ1) is 17.0. The van der Waals surface area contributed by atoms with Crippen LogP contribution in [0.1, 0.15) is 41.3 Å². The molecule has 122 valence electrons. The van der Waals surface area contributed by atoms with E-state index in [4.69, 9.17) is 0 Å². The van der Waals surface area contributed by atoms with Gasteiger partial charge in [-0.15, -0.1) is 0 Å². The van der Waals surface area contributed by atoms with Crippen LogP contribution in [0, 0.1) is 6.92 Å². The summed E-state index contributed by atoms with van der Waals surface area (Å²) in [7, 11) is 1.84. The number of aryl methyl sites for hydroxylation is 1. The zero-order valence-corrected chi connectivity index (χ0v) is 14.2. The molecule has 1 N–H and O–H groups in total. The predicted octanol–water partition coefficient (Wildman–Crippen LogP) is 3.87. The molecule has 1 heterocycles. The van der Waals surface area contributed by atoms with Crippen molar-refractivity contribution in [1.82, 2.24) is 9.88 Å². The van der Waals surface area contributed by atoms with Gasteiger partial charge in [0.15, 0.2) is 0 Å². The maximum absolute atomic E-state index is 12.2. The Morgan fingerprint density at radius 3 is 2.74 bits per heavy atom. The molecule has 0 aliphatic rings. The molecule has 0 aliphatic heterocycles. The zero-order chi connectivity index (χ0) is 16.7. The number of nitrogens with zero attached hydrogens (tertiary/aromatic N) is 2. The van der Waals surface area contributed by atoms with Gasteiger partial charge < -0.3 is 10.2 Å². The Bertz CT molecular complexity index is 637. The van der Waals surface area contributed by atoms with Crippen LogP contribution >= 0.6 is 0 Å². The molecule has 4 nitrogen and oxygen atoms in total. The average molecular weight is 311 g/mol. The third-order valence-electron chi connectivity index (χ3n) is 3.76. The average Bonchev–Trinajstić information content (AvgIpc) is 2.57. The van der Waals surface area contributed by atoms with Crippen LogP contribution in [-0.2, 0) is 6.54 Å². The van der Waals surface area contributed by atoms with E-state index < -0.39 is 0 Å². The minimum atomic E-state index is 0.0242. The molecule has 2 aromatic rings. The molecule has 0 spiro atoms. The minimum Gasteiger partial charge on any atom is -0.366 e. The van der Waals surface area contributed by atoms with Gasteiger partial charge in [0, 0.05) is 26.3 Å². The molecular formula is C19H25N3O. The molecule has 0 radical (unpaired) electrons. The summed E-state index contributed by atoms with van der Waals surface area (Å²) in [5.41, 5.74) is 3.09. The van der Waals surface area contributed by atoms with Crippen molar-refractivity contribution in [3.8, 4) is 0 Å². The lowest BCUT2D eigenvalue weighted by molar-refractivity contribution is 0.0793. The predicted molar refractivity (Wildman–Crippen MR) is 94.6 cm³/mol. The molecule has 0 saturated carbocycles. The standard InChI is InChI=1S/C19H25N3O/c1-4-5-11-22(3)19(23)17-9-10-18(21-14-17)20-13-16-8-6-7-15(2)12-16/h6-10,12,14H,4-5,11,13H2,1-3H3,(H,20,21). The molecule has 2 rings (SSSR count). The van der Waals surface area contributed by atoms with Gasteiger partial charge in [-0.25, -0.2) is 4.98 Å². The van der Waals surface area contributed by atoms with Gasteiger partial charge in [-0.1, -0.05) is 43.2 Å². The summed E-state index contributed by atoms with van der Waals surface area (Å²) in [4.78, 5) is 18.3. The van der Waals surface area contributed by atoms with Gasteiger partial charge in [-0.3, -0.25) is 4.79 Å². The second kappa shape index (κ2) is 8.32. The summed E-state index contributed by atoms with van der Waals surface area (Å²) in [5, 5.41) is 3.28. The van der Waals surface area contributed by atoms with Crippen LogP contribution in [0.4, 0.5) is 5.82 Å². The molecule has 0 saturated heterocycles. The van der Waals surface area contributed by atoms with Crippen molar-refractivity contribution in [3.63, 3.8) is 0 Å². The highest BCUT2D eigenvalue weighted by Gasteiger charge is 2.11. The maximum atomic E-state index is 12.2. The molecule has 23 heavy (non-hydrogen) atoms. The maximum Gasteiger partial charge on any atom is 0.255 e. The Balaban J connectivity index is 1.92. The van der Waals surface area contributed by atoms with E-state index in [9.17, 15) is 4.79 Å². The summed E-state index contributed by atoms with van der Waals surface area (Å²) in [6.07, 6.45) is 3.74. The van der Waals surface area contributed by atoms with E-state index >= 15 is 0 Å². The fraction of sp³-hybridized carbons (Fsp3) is 0.368. The first-order valence-electron chi connectivity index (χ1n) is 8.11. The van der Waals surface area contributed by atoms with E-state index in [0.29, 0.717) is 5.56 Å². The summed E-state index contributed by atoms with van der Waals surface area (Å²) in [6.45, 7) is 5.70. The lowest BCUT2D eigenvalue weighted by Gasteiger charge is -2.16. The molecule has 0 unspecified atom stereocenters. The first-order chi connectivity index (χ1) is 11.1. The van der Waals surface area contributed by atoms with Gasteiger partial charge in [-0.05, 0) is 31.0 Å². The number of rotatable bonds is 7. The van der Waals surface area contributed by atoms with E-state index in [1.54, 1.807) is 11.1 Å². The van der Waals surface area contributed by atoms with Crippen molar-refractivity contribution in [1.29, 1.82) is 0 Å². The molecule has 0 fully saturated rings. The van der Waals surface area contributed by atoms with Crippen LogP contribution in [0.15, 0.2) is 42.6 Å². The number of carbonyl (C=O) groups excluding carboxylic acids is 1. The van der Waals surface area contributed by atoms with Crippen LogP contribution in [0.25, 0.3) is 0 Å². The summed E-state index contributed by atoms with van der Waals surface area (Å²) in [5.74, 6) is 0.801. The van der Waals surface area contributed by atoms with Gasteiger partial charge >= 0.3 is 0 Å². The molecule has 0 bridgehead atoms. The fourth-order valence-electron chi connectivity index (χ4n) is 2.36. The summed E-state index contributed by atoms with van der Waals surface area (Å²) in [6, 6.07) is 12.0. The smallest absolute Gasteiger partial charge is 0.255 e. The lowest BCUT2D eigenvalue weighted by Crippen LogP contribution is -2.27. The Morgan fingerprint density at radius 2 is 2.09 bits per heavy atom. The van der Waals surface area contributed by atoms with Crippen molar-refractivity contribution < 1.29 is 4.79 Å². The number of benzene rings is 1. The molecule has 1 aromatic heterocycles. The van der Waals surface area contributed by atoms with Gasteiger partial charge in [0.05, 0.1) is 5.56 Å². The Kier molecular flexibility index (Phi) is 6.15. The van der Waals surface area contributed by atoms with Crippen LogP contribution in [-0.4, -0.2) is 29.4 Å². The normalized spacial score (nSPS) is 10.4. The highest BCUT2D eigenvalue weighted by Crippen LogP contribution is 2.10. The van der Waals surface area contributed by atoms with Crippen molar-refractivity contribution in [2.75, 3.05) is 18.9 Å². The quantitative estimate of drug-likeness (QED) is 0.844. The number of anilines is 1. The number of nitrogens with one attached hydrogen (secondary N) is 1. The zero-order valence-electron chi connectivity index (χ0n) is 14.2. The molecule has 0 atom stereocenters. The van der Waals surface area contributed by atoms with E-state index in [1.807, 2.05) is 25.2 Å². The second-order valence-electron chi connectivity index (χ2n) is 5.85. The van der Waals surface area contributed by atoms with Gasteiger partial charge in [0.1, 0.15) is 5.82 Å². The van der Waals surface area contributed by atoms with Crippen LogP contribution in [0.3, 0.4) is 0 Å². The Labute approximate surface area is 138 Å². The lowest BCUT2D eigenvalue weighted by atomic mass is 10.1. The fourth-order valence-corrected chi connectivity index (χ4v) is 2.36. The van der Waals surface area contributed by atoms with Crippen LogP contribution < -0.4 is 5.32 Å². The van der Waals surface area contributed by atoms with Crippen LogP contribution in [0.2, 0.25) is 0 Å². The molecule has 0 aliphatic carbocycles. The number of pyridine rings is 1. The van der Waals surface area contributed by atoms with Gasteiger partial charge in [0.25, 0.3) is 5.91 Å². The topological polar surface area (TPSA) is 45.2 Å². The third-order valence-corrected chi connectivity index (χ3v) is 3.76. The summed E-state index contributed by atoms with van der Waals surface area (Å²) >= 11 is 0. The summed E-state index contributed by atoms with van der Waals surface area (Å²) < 4.78 is 0. The molecule has 1 amide bonds. The Hall–Kier alpha value is -2.36. The highest BCUT2D eigenvalue weighted by atomic mass is 16.2. The number of aromatic nitrogens is 1. The van der Waals surface area contributed by atoms with E-state index in [2.05, 4.69) is 42.3 Å². The third kappa shape index (κ3) is 5.09. The van der Waals surface area contributed by atoms with Gasteiger partial charge in [-0.2, -0.15) is 0 Å². The van der Waals surface area contributed by atoms with E-state index in [0.717, 1.165) is 31.7 Å². The van der Waals surface area contributed by atoms with Gasteiger partial charge in [0.2, 0.25) is 0 Å². The first-order valence-corrected chi connectivity index (χ1v) is 8.11. The van der Waals surface area contributed by atoms with Crippen molar-refractivity contribution in [3.05, 3.63) is 59.3 Å². The van der Waals surface area contributed by atoms with Crippen molar-refractivity contribution in [2.24, 2.45) is 0 Å². The van der Waals surface area contributed by atoms with E-state index in [-0.39, 0.29) is 5.91 Å². The highest BCUT2D eigenvalue weighted by molar-refractivity contribution is 5.93. The number of unbranched alkanes of at least 4 members (excludes halogenated alkanes) is 1. The number of amides is 1. The number of hydrogen-bond acceptors (Lipinski definition) is 3.